The van der Waals surface area contributed by atoms with Gasteiger partial charge in [-0.15, -0.1) is 0 Å². The number of thiol groups is 1. The van der Waals surface area contributed by atoms with Crippen molar-refractivity contribution >= 4 is 31.8 Å². The molecule has 1 aromatic carbocycles. The van der Waals surface area contributed by atoms with Crippen molar-refractivity contribution in [1.82, 2.24) is 0 Å². The molecule has 0 aliphatic carbocycles. The van der Waals surface area contributed by atoms with Crippen LogP contribution in [0.4, 0.5) is 0 Å². The summed E-state index contributed by atoms with van der Waals surface area (Å²) in [5.74, 6) is -0.464. The van der Waals surface area contributed by atoms with Crippen LogP contribution in [0.5, 0.6) is 0 Å². The first-order valence-corrected chi connectivity index (χ1v) is 8.22. The zero-order valence-electron chi connectivity index (χ0n) is 14.2. The molecule has 2 rings (SSSR count). The van der Waals surface area contributed by atoms with E-state index in [1.807, 2.05) is 39.8 Å². The van der Waals surface area contributed by atoms with Gasteiger partial charge >= 0.3 is 13.1 Å². The minimum atomic E-state index is -0.930. The molecule has 4 nitrogen and oxygen atoms in total. The fourth-order valence-electron chi connectivity index (χ4n) is 2.42. The molecule has 0 atom stereocenters. The minimum absolute atomic E-state index is 0.297. The van der Waals surface area contributed by atoms with Crippen LogP contribution in [-0.4, -0.2) is 35.1 Å². The first-order chi connectivity index (χ1) is 10.6. The van der Waals surface area contributed by atoms with Gasteiger partial charge in [0.2, 0.25) is 0 Å². The molecule has 0 radical (unpaired) electrons. The maximum atomic E-state index is 11.3. The average molecular weight is 334 g/mol. The van der Waals surface area contributed by atoms with E-state index in [2.05, 4.69) is 12.6 Å². The molecule has 23 heavy (non-hydrogen) atoms. The molecule has 1 saturated heterocycles. The number of benzene rings is 1. The van der Waals surface area contributed by atoms with Crippen molar-refractivity contribution in [3.8, 4) is 0 Å². The highest BCUT2D eigenvalue weighted by molar-refractivity contribution is 7.80. The van der Waals surface area contributed by atoms with Gasteiger partial charge in [-0.05, 0) is 57.3 Å². The van der Waals surface area contributed by atoms with E-state index in [4.69, 9.17) is 9.31 Å². The van der Waals surface area contributed by atoms with Gasteiger partial charge in [0.1, 0.15) is 0 Å². The lowest BCUT2D eigenvalue weighted by Gasteiger charge is -2.32. The fourth-order valence-corrected chi connectivity index (χ4v) is 2.66. The molecule has 6 heteroatoms. The van der Waals surface area contributed by atoms with Crippen LogP contribution in [-0.2, 0) is 9.31 Å². The Morgan fingerprint density at radius 3 is 2.30 bits per heavy atom. The van der Waals surface area contributed by atoms with Crippen molar-refractivity contribution in [2.75, 3.05) is 5.75 Å². The summed E-state index contributed by atoms with van der Waals surface area (Å²) in [6.07, 6.45) is 1.91. The summed E-state index contributed by atoms with van der Waals surface area (Å²) >= 11 is 4.39. The smallest absolute Gasteiger partial charge is 0.478 e. The molecule has 0 amide bonds. The minimum Gasteiger partial charge on any atom is -0.478 e. The van der Waals surface area contributed by atoms with E-state index in [1.54, 1.807) is 19.1 Å². The van der Waals surface area contributed by atoms with E-state index >= 15 is 0 Å². The number of carboxylic acid groups (broad SMARTS) is 1. The second-order valence-corrected chi connectivity index (χ2v) is 7.11. The first kappa shape index (κ1) is 18.1. The third kappa shape index (κ3) is 3.49. The summed E-state index contributed by atoms with van der Waals surface area (Å²) < 4.78 is 12.1. The molecular weight excluding hydrogens is 311 g/mol. The van der Waals surface area contributed by atoms with Gasteiger partial charge in [0.25, 0.3) is 0 Å². The predicted octanol–water partition coefficient (Wildman–Crippen LogP) is 3.64. The Kier molecular flexibility index (Phi) is 4.99. The second-order valence-electron chi connectivity index (χ2n) is 6.79. The van der Waals surface area contributed by atoms with Crippen molar-refractivity contribution in [3.05, 3.63) is 40.4 Å². The summed E-state index contributed by atoms with van der Waals surface area (Å²) in [5.41, 5.74) is 1.89. The van der Waals surface area contributed by atoms with Crippen molar-refractivity contribution in [2.45, 2.75) is 45.8 Å². The molecule has 0 bridgehead atoms. The van der Waals surface area contributed by atoms with Crippen molar-refractivity contribution in [1.29, 1.82) is 0 Å². The van der Waals surface area contributed by atoms with Gasteiger partial charge in [0, 0.05) is 5.75 Å². The summed E-state index contributed by atoms with van der Waals surface area (Å²) in [4.78, 5) is 11.3. The number of hydrogen-bond donors (Lipinski definition) is 2. The lowest BCUT2D eigenvalue weighted by molar-refractivity contribution is 0.00578. The van der Waals surface area contributed by atoms with Crippen LogP contribution in [0.2, 0.25) is 0 Å². The molecule has 1 fully saturated rings. The molecule has 1 heterocycles. The largest absolute Gasteiger partial charge is 0.491 e. The number of hydrogen-bond acceptors (Lipinski definition) is 4. The Bertz CT molecular complexity index is 636. The van der Waals surface area contributed by atoms with E-state index in [0.29, 0.717) is 11.3 Å². The molecule has 1 aliphatic heterocycles. The summed E-state index contributed by atoms with van der Waals surface area (Å²) in [7, 11) is -0.481. The lowest BCUT2D eigenvalue weighted by atomic mass is 9.78. The molecule has 0 unspecified atom stereocenters. The molecule has 1 aliphatic rings. The van der Waals surface area contributed by atoms with E-state index in [9.17, 15) is 9.90 Å². The molecule has 1 N–H and O–H groups in total. The Labute approximate surface area is 143 Å². The van der Waals surface area contributed by atoms with Crippen LogP contribution < -0.4 is 0 Å². The maximum Gasteiger partial charge on any atom is 0.491 e. The van der Waals surface area contributed by atoms with Crippen LogP contribution >= 0.6 is 12.6 Å². The highest BCUT2D eigenvalue weighted by atomic mass is 32.1. The summed E-state index contributed by atoms with van der Waals surface area (Å²) in [6, 6.07) is 5.23. The Morgan fingerprint density at radius 2 is 1.83 bits per heavy atom. The topological polar surface area (TPSA) is 55.8 Å². The Morgan fingerprint density at radius 1 is 1.26 bits per heavy atom. The number of carbonyl (C=O) groups is 1. The maximum absolute atomic E-state index is 11.3. The molecule has 1 aromatic rings. The fraction of sp³-hybridized carbons (Fsp3) is 0.471. The first-order valence-electron chi connectivity index (χ1n) is 7.59. The summed E-state index contributed by atoms with van der Waals surface area (Å²) in [6.45, 7) is 9.80. The van der Waals surface area contributed by atoms with Gasteiger partial charge in [-0.25, -0.2) is 4.79 Å². The standard InChI is InChI=1S/C17H23BO4S/c1-11-12(7-6-8-14(11)15(19)20)9-13(10-23)18-21-16(2,3)17(4,5)22-18/h6-9,23H,10H2,1-5H3,(H,19,20). The van der Waals surface area contributed by atoms with Crippen LogP contribution in [0, 0.1) is 6.92 Å². The van der Waals surface area contributed by atoms with Gasteiger partial charge in [-0.1, -0.05) is 18.2 Å². The lowest BCUT2D eigenvalue weighted by Crippen LogP contribution is -2.41. The third-order valence-electron chi connectivity index (χ3n) is 4.69. The van der Waals surface area contributed by atoms with Gasteiger partial charge in [0.05, 0.1) is 16.8 Å². The van der Waals surface area contributed by atoms with Gasteiger partial charge in [-0.2, -0.15) is 12.6 Å². The molecule has 0 saturated carbocycles. The highest BCUT2D eigenvalue weighted by Gasteiger charge is 2.52. The zero-order chi connectivity index (χ0) is 17.4. The second kappa shape index (κ2) is 6.34. The van der Waals surface area contributed by atoms with E-state index in [1.165, 1.54) is 0 Å². The Balaban J connectivity index is 2.38. The molecule has 124 valence electrons. The van der Waals surface area contributed by atoms with Gasteiger partial charge in [-0.3, -0.25) is 0 Å². The Hall–Kier alpha value is -1.24. The number of aromatic carboxylic acids is 1. The van der Waals surface area contributed by atoms with Crippen LogP contribution in [0.3, 0.4) is 0 Å². The van der Waals surface area contributed by atoms with Crippen LogP contribution in [0.1, 0.15) is 49.2 Å². The third-order valence-corrected chi connectivity index (χ3v) is 5.05. The zero-order valence-corrected chi connectivity index (χ0v) is 15.1. The SMILES string of the molecule is Cc1c(C=C(CS)B2OC(C)(C)C(C)(C)O2)cccc1C(=O)O. The monoisotopic (exact) mass is 334 g/mol. The normalized spacial score (nSPS) is 19.9. The molecule has 0 aromatic heterocycles. The highest BCUT2D eigenvalue weighted by Crippen LogP contribution is 2.39. The van der Waals surface area contributed by atoms with E-state index in [0.717, 1.165) is 16.6 Å². The van der Waals surface area contributed by atoms with Crippen molar-refractivity contribution in [2.24, 2.45) is 0 Å². The van der Waals surface area contributed by atoms with Crippen LogP contribution in [0.25, 0.3) is 6.08 Å². The molecular formula is C17H23BO4S. The number of carboxylic acids is 1. The summed E-state index contributed by atoms with van der Waals surface area (Å²) in [5, 5.41) is 9.25. The van der Waals surface area contributed by atoms with Gasteiger partial charge in [0.15, 0.2) is 0 Å². The molecule has 0 spiro atoms. The van der Waals surface area contributed by atoms with Crippen molar-refractivity contribution < 1.29 is 19.2 Å². The van der Waals surface area contributed by atoms with Crippen LogP contribution in [0.15, 0.2) is 23.7 Å². The quantitative estimate of drug-likeness (QED) is 0.652. The van der Waals surface area contributed by atoms with E-state index < -0.39 is 24.3 Å². The average Bonchev–Trinajstić information content (AvgIpc) is 2.65. The van der Waals surface area contributed by atoms with E-state index in [-0.39, 0.29) is 0 Å². The number of rotatable bonds is 4. The van der Waals surface area contributed by atoms with Crippen molar-refractivity contribution in [3.63, 3.8) is 0 Å². The van der Waals surface area contributed by atoms with Gasteiger partial charge < -0.3 is 14.4 Å². The predicted molar refractivity (Wildman–Crippen MR) is 96.1 cm³/mol.